The van der Waals surface area contributed by atoms with E-state index in [1.807, 2.05) is 36.4 Å². The van der Waals surface area contributed by atoms with Gasteiger partial charge in [-0.3, -0.25) is 0 Å². The summed E-state index contributed by atoms with van der Waals surface area (Å²) < 4.78 is 30.1. The Morgan fingerprint density at radius 2 is 1.88 bits per heavy atom. The number of fused-ring (bicyclic) bond motifs is 1. The largest absolute Gasteiger partial charge is 0.494 e. The first-order valence-corrected chi connectivity index (χ1v) is 9.88. The number of benzene rings is 2. The second kappa shape index (κ2) is 6.21. The first kappa shape index (κ1) is 16.7. The molecule has 1 unspecified atom stereocenters. The van der Waals surface area contributed by atoms with Gasteiger partial charge in [0.15, 0.2) is 11.3 Å². The number of carbonyl (C=O) groups excluding carboxylic acids is 1. The minimum absolute atomic E-state index is 0.189. The quantitative estimate of drug-likeness (QED) is 0.884. The molecule has 0 bridgehead atoms. The van der Waals surface area contributed by atoms with Crippen molar-refractivity contribution in [1.82, 2.24) is 9.80 Å². The van der Waals surface area contributed by atoms with Crippen LogP contribution in [-0.4, -0.2) is 55.7 Å². The Morgan fingerprint density at radius 1 is 1.12 bits per heavy atom. The average Bonchev–Trinajstić information content (AvgIpc) is 3.11. The standard InChI is InChI=1S/C18H18N2O5S/c21-16-12-26(23,24)17(20(16)8-7-19-9-10-25-18(19)22)15-6-5-13-3-1-2-4-14(13)11-15/h1-6,11-12,17,21H,7-10H2. The van der Waals surface area contributed by atoms with E-state index < -0.39 is 21.3 Å². The van der Waals surface area contributed by atoms with Crippen LogP contribution in [0, 0.1) is 0 Å². The third-order valence-corrected chi connectivity index (χ3v) is 6.36. The fourth-order valence-electron chi connectivity index (χ4n) is 3.40. The molecule has 0 saturated carbocycles. The molecule has 1 fully saturated rings. The van der Waals surface area contributed by atoms with Crippen molar-refractivity contribution < 1.29 is 23.1 Å². The molecule has 1 amide bonds. The van der Waals surface area contributed by atoms with Gasteiger partial charge in [-0.2, -0.15) is 0 Å². The van der Waals surface area contributed by atoms with Crippen molar-refractivity contribution in [3.63, 3.8) is 0 Å². The summed E-state index contributed by atoms with van der Waals surface area (Å²) in [5.41, 5.74) is 0.577. The van der Waals surface area contributed by atoms with Gasteiger partial charge in [0.2, 0.25) is 9.84 Å². The molecule has 2 aromatic rings. The van der Waals surface area contributed by atoms with Gasteiger partial charge in [0.1, 0.15) is 6.61 Å². The highest BCUT2D eigenvalue weighted by atomic mass is 32.2. The number of hydrogen-bond donors (Lipinski definition) is 1. The smallest absolute Gasteiger partial charge is 0.409 e. The number of sulfone groups is 1. The number of rotatable bonds is 4. The Kier molecular flexibility index (Phi) is 3.99. The molecule has 1 N–H and O–H groups in total. The van der Waals surface area contributed by atoms with Gasteiger partial charge in [0, 0.05) is 13.1 Å². The minimum atomic E-state index is -3.69. The highest BCUT2D eigenvalue weighted by molar-refractivity contribution is 7.94. The average molecular weight is 374 g/mol. The molecule has 1 saturated heterocycles. The molecule has 26 heavy (non-hydrogen) atoms. The van der Waals surface area contributed by atoms with Gasteiger partial charge in [-0.1, -0.05) is 36.4 Å². The normalized spacial score (nSPS) is 21.9. The summed E-state index contributed by atoms with van der Waals surface area (Å²) in [6, 6.07) is 13.1. The van der Waals surface area contributed by atoms with Crippen molar-refractivity contribution >= 4 is 26.7 Å². The molecule has 0 spiro atoms. The molecule has 2 aromatic carbocycles. The number of aliphatic hydroxyl groups excluding tert-OH is 1. The molecule has 8 heteroatoms. The first-order valence-electron chi connectivity index (χ1n) is 8.27. The maximum absolute atomic E-state index is 12.6. The van der Waals surface area contributed by atoms with Crippen molar-refractivity contribution in [3.05, 3.63) is 59.3 Å². The zero-order valence-electron chi connectivity index (χ0n) is 13.9. The van der Waals surface area contributed by atoms with Crippen LogP contribution < -0.4 is 0 Å². The Balaban J connectivity index is 1.65. The molecule has 0 radical (unpaired) electrons. The lowest BCUT2D eigenvalue weighted by molar-refractivity contribution is 0.147. The summed E-state index contributed by atoms with van der Waals surface area (Å²) in [7, 11) is -3.69. The van der Waals surface area contributed by atoms with Crippen LogP contribution in [0.25, 0.3) is 10.8 Å². The van der Waals surface area contributed by atoms with Gasteiger partial charge in [-0.25, -0.2) is 13.2 Å². The molecule has 2 aliphatic rings. The van der Waals surface area contributed by atoms with Crippen LogP contribution in [-0.2, 0) is 14.6 Å². The summed E-state index contributed by atoms with van der Waals surface area (Å²) in [4.78, 5) is 14.5. The van der Waals surface area contributed by atoms with E-state index in [-0.39, 0.29) is 19.0 Å². The Hall–Kier alpha value is -2.74. The monoisotopic (exact) mass is 374 g/mol. The summed E-state index contributed by atoms with van der Waals surface area (Å²) in [5.74, 6) is -0.310. The lowest BCUT2D eigenvalue weighted by atomic mass is 10.1. The molecule has 4 rings (SSSR count). The zero-order chi connectivity index (χ0) is 18.3. The fourth-order valence-corrected chi connectivity index (χ4v) is 5.05. The lowest BCUT2D eigenvalue weighted by Gasteiger charge is -2.27. The number of nitrogens with zero attached hydrogens (tertiary/aromatic N) is 2. The summed E-state index contributed by atoms with van der Waals surface area (Å²) in [6.07, 6.45) is -0.419. The number of aliphatic hydroxyl groups is 1. The third-order valence-electron chi connectivity index (χ3n) is 4.67. The van der Waals surface area contributed by atoms with Crippen molar-refractivity contribution in [2.45, 2.75) is 5.37 Å². The molecule has 0 aliphatic carbocycles. The number of cyclic esters (lactones) is 1. The predicted molar refractivity (Wildman–Crippen MR) is 95.9 cm³/mol. The maximum atomic E-state index is 12.6. The minimum Gasteiger partial charge on any atom is -0.494 e. The second-order valence-corrected chi connectivity index (χ2v) is 8.18. The molecule has 7 nitrogen and oxygen atoms in total. The highest BCUT2D eigenvalue weighted by Gasteiger charge is 2.40. The van der Waals surface area contributed by atoms with Crippen LogP contribution in [0.3, 0.4) is 0 Å². The molecule has 0 aromatic heterocycles. The van der Waals surface area contributed by atoms with Gasteiger partial charge in [0.05, 0.1) is 12.0 Å². The number of ether oxygens (including phenoxy) is 1. The number of amides is 1. The predicted octanol–water partition coefficient (Wildman–Crippen LogP) is 2.38. The van der Waals surface area contributed by atoms with Crippen LogP contribution in [0.4, 0.5) is 4.79 Å². The molecule has 136 valence electrons. The van der Waals surface area contributed by atoms with E-state index in [0.717, 1.165) is 16.2 Å². The maximum Gasteiger partial charge on any atom is 0.409 e. The van der Waals surface area contributed by atoms with Crippen molar-refractivity contribution in [2.75, 3.05) is 26.2 Å². The van der Waals surface area contributed by atoms with Gasteiger partial charge in [-0.15, -0.1) is 0 Å². The second-order valence-electron chi connectivity index (χ2n) is 6.32. The summed E-state index contributed by atoms with van der Waals surface area (Å²) >= 11 is 0. The topological polar surface area (TPSA) is 87.2 Å². The van der Waals surface area contributed by atoms with Crippen molar-refractivity contribution in [2.24, 2.45) is 0 Å². The number of carbonyl (C=O) groups is 1. The van der Waals surface area contributed by atoms with Crippen LogP contribution in [0.15, 0.2) is 53.8 Å². The molecular formula is C18H18N2O5S. The molecule has 2 aliphatic heterocycles. The zero-order valence-corrected chi connectivity index (χ0v) is 14.7. The van der Waals surface area contributed by atoms with E-state index in [0.29, 0.717) is 18.7 Å². The third kappa shape index (κ3) is 2.86. The van der Waals surface area contributed by atoms with E-state index in [4.69, 9.17) is 4.74 Å². The summed E-state index contributed by atoms with van der Waals surface area (Å²) in [5, 5.41) is 12.0. The van der Waals surface area contributed by atoms with Gasteiger partial charge < -0.3 is 19.6 Å². The Morgan fingerprint density at radius 3 is 2.62 bits per heavy atom. The van der Waals surface area contributed by atoms with E-state index in [1.54, 1.807) is 6.07 Å². The van der Waals surface area contributed by atoms with Crippen molar-refractivity contribution in [1.29, 1.82) is 0 Å². The fraction of sp³-hybridized carbons (Fsp3) is 0.278. The van der Waals surface area contributed by atoms with Crippen LogP contribution >= 0.6 is 0 Å². The van der Waals surface area contributed by atoms with Crippen LogP contribution in [0.1, 0.15) is 10.9 Å². The van der Waals surface area contributed by atoms with E-state index >= 15 is 0 Å². The van der Waals surface area contributed by atoms with E-state index in [1.165, 1.54) is 9.80 Å². The lowest BCUT2D eigenvalue weighted by Crippen LogP contribution is -2.36. The molecule has 1 atom stereocenters. The molecule has 2 heterocycles. The Labute approximate surface area is 151 Å². The van der Waals surface area contributed by atoms with Gasteiger partial charge in [-0.05, 0) is 22.4 Å². The SMILES string of the molecule is O=C1OCCN1CCN1C(O)=CS(=O)(=O)C1c1ccc2ccccc2c1. The molecular weight excluding hydrogens is 356 g/mol. The van der Waals surface area contributed by atoms with Crippen molar-refractivity contribution in [3.8, 4) is 0 Å². The van der Waals surface area contributed by atoms with Gasteiger partial charge >= 0.3 is 6.09 Å². The first-order chi connectivity index (χ1) is 12.5. The van der Waals surface area contributed by atoms with Gasteiger partial charge in [0.25, 0.3) is 0 Å². The Bertz CT molecular complexity index is 1000. The van der Waals surface area contributed by atoms with Crippen LogP contribution in [0.5, 0.6) is 0 Å². The van der Waals surface area contributed by atoms with Crippen LogP contribution in [0.2, 0.25) is 0 Å². The van der Waals surface area contributed by atoms with E-state index in [9.17, 15) is 18.3 Å². The number of hydrogen-bond acceptors (Lipinski definition) is 6. The van der Waals surface area contributed by atoms with E-state index in [2.05, 4.69) is 0 Å². The highest BCUT2D eigenvalue weighted by Crippen LogP contribution is 2.37. The summed E-state index contributed by atoms with van der Waals surface area (Å²) in [6.45, 7) is 1.25.